The fraction of sp³-hybridized carbons (Fsp3) is 1.00. The van der Waals surface area contributed by atoms with Crippen LogP contribution >= 0.6 is 0 Å². The molecule has 0 nitrogen and oxygen atoms in total. The summed E-state index contributed by atoms with van der Waals surface area (Å²) in [5.74, 6) is 0.861. The maximum atomic E-state index is 2.37. The lowest BCUT2D eigenvalue weighted by molar-refractivity contribution is 0.167. The lowest BCUT2D eigenvalue weighted by atomic mass is 9.71. The van der Waals surface area contributed by atoms with Gasteiger partial charge in [0.05, 0.1) is 0 Å². The van der Waals surface area contributed by atoms with Crippen molar-refractivity contribution >= 4 is 0 Å². The molecule has 0 unspecified atom stereocenters. The molecule has 0 N–H and O–H groups in total. The maximum absolute atomic E-state index is 2.37. The Labute approximate surface area is 104 Å². The summed E-state index contributed by atoms with van der Waals surface area (Å²) in [6, 6.07) is 0. The molecular formula is C16H34. The first-order valence-corrected chi connectivity index (χ1v) is 6.79. The normalized spacial score (nSPS) is 14.6. The highest BCUT2D eigenvalue weighted by molar-refractivity contribution is 4.78. The van der Waals surface area contributed by atoms with E-state index in [4.69, 9.17) is 0 Å². The fourth-order valence-corrected chi connectivity index (χ4v) is 2.81. The van der Waals surface area contributed by atoms with Crippen molar-refractivity contribution in [2.75, 3.05) is 0 Å². The zero-order valence-corrected chi connectivity index (χ0v) is 13.2. The maximum Gasteiger partial charge on any atom is -0.0380 e. The van der Waals surface area contributed by atoms with Gasteiger partial charge in [-0.3, -0.25) is 0 Å². The van der Waals surface area contributed by atoms with Gasteiger partial charge in [-0.2, -0.15) is 0 Å². The SMILES string of the molecule is CC(C)(C)CC(CC(C)(C)C)CC(C)(C)C. The Hall–Kier alpha value is 0. The van der Waals surface area contributed by atoms with Crippen LogP contribution in [0.3, 0.4) is 0 Å². The van der Waals surface area contributed by atoms with Crippen LogP contribution in [0.25, 0.3) is 0 Å². The van der Waals surface area contributed by atoms with Gasteiger partial charge >= 0.3 is 0 Å². The van der Waals surface area contributed by atoms with E-state index in [0.29, 0.717) is 16.2 Å². The topological polar surface area (TPSA) is 0 Å². The number of hydrogen-bond acceptors (Lipinski definition) is 0. The Morgan fingerprint density at radius 2 is 0.688 bits per heavy atom. The summed E-state index contributed by atoms with van der Waals surface area (Å²) in [4.78, 5) is 0. The summed E-state index contributed by atoms with van der Waals surface area (Å²) >= 11 is 0. The molecule has 0 heteroatoms. The Morgan fingerprint density at radius 1 is 0.500 bits per heavy atom. The Kier molecular flexibility index (Phi) is 5.10. The molecule has 0 aliphatic rings. The lowest BCUT2D eigenvalue weighted by Crippen LogP contribution is -2.23. The highest BCUT2D eigenvalue weighted by Gasteiger charge is 2.27. The van der Waals surface area contributed by atoms with Gasteiger partial charge in [0, 0.05) is 0 Å². The molecule has 0 aromatic rings. The molecule has 0 spiro atoms. The van der Waals surface area contributed by atoms with Crippen LogP contribution in [-0.2, 0) is 0 Å². The van der Waals surface area contributed by atoms with Gasteiger partial charge < -0.3 is 0 Å². The van der Waals surface area contributed by atoms with E-state index < -0.39 is 0 Å². The third-order valence-corrected chi connectivity index (χ3v) is 2.70. The molecule has 0 fully saturated rings. The summed E-state index contributed by atoms with van der Waals surface area (Å²) in [5, 5.41) is 0. The highest BCUT2D eigenvalue weighted by Crippen LogP contribution is 2.39. The highest BCUT2D eigenvalue weighted by atomic mass is 14.3. The number of hydrogen-bond donors (Lipinski definition) is 0. The van der Waals surface area contributed by atoms with Crippen molar-refractivity contribution in [2.24, 2.45) is 22.2 Å². The summed E-state index contributed by atoms with van der Waals surface area (Å²) in [6.07, 6.45) is 4.05. The molecule has 0 radical (unpaired) electrons. The van der Waals surface area contributed by atoms with E-state index in [9.17, 15) is 0 Å². The first-order valence-electron chi connectivity index (χ1n) is 6.79. The summed E-state index contributed by atoms with van der Waals surface area (Å²) < 4.78 is 0. The Bertz CT molecular complexity index is 154. The van der Waals surface area contributed by atoms with Gasteiger partial charge in [0.1, 0.15) is 0 Å². The second kappa shape index (κ2) is 5.10. The van der Waals surface area contributed by atoms with Gasteiger partial charge in [0.2, 0.25) is 0 Å². The molecule has 98 valence electrons. The van der Waals surface area contributed by atoms with E-state index >= 15 is 0 Å². The van der Waals surface area contributed by atoms with Crippen LogP contribution in [0.4, 0.5) is 0 Å². The van der Waals surface area contributed by atoms with E-state index in [2.05, 4.69) is 62.3 Å². The van der Waals surface area contributed by atoms with Crippen LogP contribution in [0.5, 0.6) is 0 Å². The van der Waals surface area contributed by atoms with Crippen LogP contribution in [-0.4, -0.2) is 0 Å². The summed E-state index contributed by atoms with van der Waals surface area (Å²) in [5.41, 5.74) is 1.38. The zero-order valence-electron chi connectivity index (χ0n) is 13.2. The van der Waals surface area contributed by atoms with Crippen LogP contribution in [0.15, 0.2) is 0 Å². The molecule has 0 aliphatic heterocycles. The molecule has 0 amide bonds. The molecule has 0 atom stereocenters. The van der Waals surface area contributed by atoms with E-state index in [1.54, 1.807) is 0 Å². The second-order valence-electron chi connectivity index (χ2n) is 9.16. The molecule has 0 rings (SSSR count). The van der Waals surface area contributed by atoms with E-state index in [-0.39, 0.29) is 0 Å². The average Bonchev–Trinajstić information content (AvgIpc) is 1.70. The van der Waals surface area contributed by atoms with Crippen LogP contribution in [0.1, 0.15) is 81.6 Å². The van der Waals surface area contributed by atoms with Crippen LogP contribution in [0.2, 0.25) is 0 Å². The van der Waals surface area contributed by atoms with Crippen LogP contribution < -0.4 is 0 Å². The lowest BCUT2D eigenvalue weighted by Gasteiger charge is -2.35. The summed E-state index contributed by atoms with van der Waals surface area (Å²) in [7, 11) is 0. The fourth-order valence-electron chi connectivity index (χ4n) is 2.81. The molecule has 0 saturated heterocycles. The second-order valence-corrected chi connectivity index (χ2v) is 9.16. The minimum absolute atomic E-state index is 0.459. The van der Waals surface area contributed by atoms with Gasteiger partial charge in [-0.1, -0.05) is 62.3 Å². The van der Waals surface area contributed by atoms with E-state index in [0.717, 1.165) is 5.92 Å². The van der Waals surface area contributed by atoms with Crippen molar-refractivity contribution in [3.63, 3.8) is 0 Å². The van der Waals surface area contributed by atoms with E-state index in [1.165, 1.54) is 19.3 Å². The van der Waals surface area contributed by atoms with Gasteiger partial charge in [0.15, 0.2) is 0 Å². The monoisotopic (exact) mass is 226 g/mol. The van der Waals surface area contributed by atoms with Crippen molar-refractivity contribution in [1.29, 1.82) is 0 Å². The molecular weight excluding hydrogens is 192 g/mol. The van der Waals surface area contributed by atoms with Crippen molar-refractivity contribution in [3.8, 4) is 0 Å². The predicted molar refractivity (Wildman–Crippen MR) is 75.7 cm³/mol. The molecule has 0 saturated carbocycles. The predicted octanol–water partition coefficient (Wildman–Crippen LogP) is 5.91. The van der Waals surface area contributed by atoms with Crippen molar-refractivity contribution in [2.45, 2.75) is 81.6 Å². The molecule has 0 aliphatic carbocycles. The zero-order chi connectivity index (χ0) is 13.2. The average molecular weight is 226 g/mol. The smallest absolute Gasteiger partial charge is 0.0380 e. The van der Waals surface area contributed by atoms with Gasteiger partial charge in [0.25, 0.3) is 0 Å². The minimum atomic E-state index is 0.459. The standard InChI is InChI=1S/C16H34/c1-14(2,3)10-13(11-15(4,5)6)12-16(7,8)9/h13H,10-12H2,1-9H3. The van der Waals surface area contributed by atoms with Gasteiger partial charge in [-0.25, -0.2) is 0 Å². The van der Waals surface area contributed by atoms with E-state index in [1.807, 2.05) is 0 Å². The molecule has 16 heavy (non-hydrogen) atoms. The first kappa shape index (κ1) is 16.0. The quantitative estimate of drug-likeness (QED) is 0.561. The largest absolute Gasteiger partial charge is 0.0602 e. The number of rotatable bonds is 3. The van der Waals surface area contributed by atoms with Crippen molar-refractivity contribution < 1.29 is 0 Å². The van der Waals surface area contributed by atoms with Gasteiger partial charge in [-0.05, 0) is 41.4 Å². The molecule has 0 bridgehead atoms. The van der Waals surface area contributed by atoms with Gasteiger partial charge in [-0.15, -0.1) is 0 Å². The molecule has 0 heterocycles. The molecule has 0 aromatic heterocycles. The van der Waals surface area contributed by atoms with Crippen molar-refractivity contribution in [1.82, 2.24) is 0 Å². The van der Waals surface area contributed by atoms with Crippen molar-refractivity contribution in [3.05, 3.63) is 0 Å². The third-order valence-electron chi connectivity index (χ3n) is 2.70. The third kappa shape index (κ3) is 10.5. The summed E-state index contributed by atoms with van der Waals surface area (Å²) in [6.45, 7) is 21.3. The molecule has 0 aromatic carbocycles. The first-order chi connectivity index (χ1) is 6.79. The van der Waals surface area contributed by atoms with Crippen LogP contribution in [0, 0.1) is 22.2 Å². The Morgan fingerprint density at radius 3 is 0.812 bits per heavy atom. The Balaban J connectivity index is 4.53. The minimum Gasteiger partial charge on any atom is -0.0602 e.